The van der Waals surface area contributed by atoms with Crippen molar-refractivity contribution in [3.05, 3.63) is 52.7 Å². The molecule has 0 atom stereocenters. The molecule has 3 N–H and O–H groups in total. The average Bonchev–Trinajstić information content (AvgIpc) is 2.77. The Morgan fingerprint density at radius 3 is 2.74 bits per heavy atom. The molecule has 0 unspecified atom stereocenters. The van der Waals surface area contributed by atoms with Gasteiger partial charge in [0.1, 0.15) is 5.76 Å². The lowest BCUT2D eigenvalue weighted by atomic mass is 10.0. The predicted molar refractivity (Wildman–Crippen MR) is 71.5 cm³/mol. The number of amides is 1. The average molecular weight is 259 g/mol. The molecule has 0 saturated heterocycles. The molecule has 1 aromatic carbocycles. The quantitative estimate of drug-likeness (QED) is 0.856. The number of benzene rings is 1. The van der Waals surface area contributed by atoms with E-state index in [-0.39, 0.29) is 0 Å². The van der Waals surface area contributed by atoms with Gasteiger partial charge in [0, 0.05) is 12.1 Å². The maximum Gasteiger partial charge on any atom is 0.248 e. The molecule has 0 aliphatic heterocycles. The third kappa shape index (κ3) is 3.42. The third-order valence-electron chi connectivity index (χ3n) is 2.89. The van der Waals surface area contributed by atoms with E-state index in [0.717, 1.165) is 16.9 Å². The molecule has 0 aliphatic carbocycles. The van der Waals surface area contributed by atoms with Gasteiger partial charge < -0.3 is 15.5 Å². The van der Waals surface area contributed by atoms with Crippen molar-refractivity contribution in [2.24, 2.45) is 5.73 Å². The smallest absolute Gasteiger partial charge is 0.248 e. The second-order valence-electron chi connectivity index (χ2n) is 4.47. The molecule has 0 radical (unpaired) electrons. The number of primary amides is 1. The van der Waals surface area contributed by atoms with Crippen LogP contribution in [0.1, 0.15) is 33.1 Å². The fourth-order valence-corrected chi connectivity index (χ4v) is 1.83. The van der Waals surface area contributed by atoms with Crippen LogP contribution in [0, 0.1) is 13.8 Å². The topological polar surface area (TPSA) is 81.1 Å². The SMILES string of the molecule is Cc1cnc(CNCc2ccc(C(N)=O)cc2C)o1. The van der Waals surface area contributed by atoms with Crippen LogP contribution in [0.25, 0.3) is 0 Å². The van der Waals surface area contributed by atoms with E-state index < -0.39 is 5.91 Å². The molecule has 2 rings (SSSR count). The zero-order chi connectivity index (χ0) is 13.8. The Kier molecular flexibility index (Phi) is 3.97. The predicted octanol–water partition coefficient (Wildman–Crippen LogP) is 1.68. The van der Waals surface area contributed by atoms with Crippen molar-refractivity contribution in [3.63, 3.8) is 0 Å². The molecule has 0 spiro atoms. The number of carbonyl (C=O) groups excluding carboxylic acids is 1. The van der Waals surface area contributed by atoms with E-state index in [9.17, 15) is 4.79 Å². The number of aromatic nitrogens is 1. The highest BCUT2D eigenvalue weighted by atomic mass is 16.4. The van der Waals surface area contributed by atoms with Gasteiger partial charge in [-0.1, -0.05) is 6.07 Å². The van der Waals surface area contributed by atoms with Gasteiger partial charge in [-0.25, -0.2) is 4.98 Å². The highest BCUT2D eigenvalue weighted by molar-refractivity contribution is 5.93. The van der Waals surface area contributed by atoms with Gasteiger partial charge in [-0.3, -0.25) is 4.79 Å². The summed E-state index contributed by atoms with van der Waals surface area (Å²) in [5.74, 6) is 1.07. The number of nitrogens with one attached hydrogen (secondary N) is 1. The molecule has 19 heavy (non-hydrogen) atoms. The van der Waals surface area contributed by atoms with Crippen molar-refractivity contribution in [2.75, 3.05) is 0 Å². The minimum Gasteiger partial charge on any atom is -0.445 e. The minimum absolute atomic E-state index is 0.405. The van der Waals surface area contributed by atoms with E-state index in [0.29, 0.717) is 24.5 Å². The molecule has 0 fully saturated rings. The second kappa shape index (κ2) is 5.67. The number of oxazole rings is 1. The Morgan fingerprint density at radius 1 is 1.37 bits per heavy atom. The molecule has 2 aromatic rings. The van der Waals surface area contributed by atoms with E-state index in [1.165, 1.54) is 0 Å². The standard InChI is InChI=1S/C14H17N3O2/c1-9-5-11(14(15)18)3-4-12(9)7-16-8-13-17-6-10(2)19-13/h3-6,16H,7-8H2,1-2H3,(H2,15,18). The number of nitrogens with two attached hydrogens (primary N) is 1. The largest absolute Gasteiger partial charge is 0.445 e. The molecule has 0 saturated carbocycles. The van der Waals surface area contributed by atoms with Crippen LogP contribution in [0.15, 0.2) is 28.8 Å². The van der Waals surface area contributed by atoms with Gasteiger partial charge in [0.15, 0.2) is 0 Å². The first-order chi connectivity index (χ1) is 9.06. The summed E-state index contributed by atoms with van der Waals surface area (Å²) in [6, 6.07) is 5.44. The van der Waals surface area contributed by atoms with Crippen molar-refractivity contribution in [1.82, 2.24) is 10.3 Å². The van der Waals surface area contributed by atoms with Crippen LogP contribution in [0.3, 0.4) is 0 Å². The van der Waals surface area contributed by atoms with E-state index >= 15 is 0 Å². The number of aryl methyl sites for hydroxylation is 2. The lowest BCUT2D eigenvalue weighted by Crippen LogP contribution is -2.15. The highest BCUT2D eigenvalue weighted by Crippen LogP contribution is 2.11. The normalized spacial score (nSPS) is 10.6. The number of hydrogen-bond donors (Lipinski definition) is 2. The van der Waals surface area contributed by atoms with Gasteiger partial charge in [0.05, 0.1) is 12.7 Å². The number of carbonyl (C=O) groups is 1. The van der Waals surface area contributed by atoms with Crippen LogP contribution in [-0.4, -0.2) is 10.9 Å². The Bertz CT molecular complexity index is 590. The molecule has 5 heteroatoms. The summed E-state index contributed by atoms with van der Waals surface area (Å²) in [5.41, 5.74) is 7.92. The number of hydrogen-bond acceptors (Lipinski definition) is 4. The summed E-state index contributed by atoms with van der Waals surface area (Å²) in [4.78, 5) is 15.2. The molecule has 1 aromatic heterocycles. The summed E-state index contributed by atoms with van der Waals surface area (Å²) in [5, 5.41) is 3.25. The molecular weight excluding hydrogens is 242 g/mol. The van der Waals surface area contributed by atoms with Crippen molar-refractivity contribution in [2.45, 2.75) is 26.9 Å². The molecule has 0 bridgehead atoms. The molecule has 1 amide bonds. The fraction of sp³-hybridized carbons (Fsp3) is 0.286. The first kappa shape index (κ1) is 13.3. The Labute approximate surface area is 111 Å². The second-order valence-corrected chi connectivity index (χ2v) is 4.47. The van der Waals surface area contributed by atoms with E-state index in [1.54, 1.807) is 18.3 Å². The van der Waals surface area contributed by atoms with E-state index in [1.807, 2.05) is 19.9 Å². The summed E-state index contributed by atoms with van der Waals surface area (Å²) in [7, 11) is 0. The number of nitrogens with zero attached hydrogens (tertiary/aromatic N) is 1. The fourth-order valence-electron chi connectivity index (χ4n) is 1.83. The van der Waals surface area contributed by atoms with Crippen molar-refractivity contribution >= 4 is 5.91 Å². The molecule has 0 aliphatic rings. The van der Waals surface area contributed by atoms with Crippen LogP contribution < -0.4 is 11.1 Å². The molecule has 5 nitrogen and oxygen atoms in total. The zero-order valence-corrected chi connectivity index (χ0v) is 11.1. The van der Waals surface area contributed by atoms with Gasteiger partial charge in [-0.15, -0.1) is 0 Å². The lowest BCUT2D eigenvalue weighted by molar-refractivity contribution is 0.1000. The maximum atomic E-state index is 11.1. The Morgan fingerprint density at radius 2 is 2.16 bits per heavy atom. The Balaban J connectivity index is 1.94. The van der Waals surface area contributed by atoms with Crippen LogP contribution in [0.5, 0.6) is 0 Å². The third-order valence-corrected chi connectivity index (χ3v) is 2.89. The summed E-state index contributed by atoms with van der Waals surface area (Å²) >= 11 is 0. The van der Waals surface area contributed by atoms with Gasteiger partial charge in [-0.2, -0.15) is 0 Å². The summed E-state index contributed by atoms with van der Waals surface area (Å²) < 4.78 is 5.37. The highest BCUT2D eigenvalue weighted by Gasteiger charge is 2.05. The summed E-state index contributed by atoms with van der Waals surface area (Å²) in [6.07, 6.45) is 1.70. The minimum atomic E-state index is -0.405. The number of rotatable bonds is 5. The van der Waals surface area contributed by atoms with E-state index in [2.05, 4.69) is 10.3 Å². The van der Waals surface area contributed by atoms with Gasteiger partial charge in [0.2, 0.25) is 11.8 Å². The Hall–Kier alpha value is -2.14. The van der Waals surface area contributed by atoms with Crippen molar-refractivity contribution in [3.8, 4) is 0 Å². The zero-order valence-electron chi connectivity index (χ0n) is 11.1. The van der Waals surface area contributed by atoms with Crippen molar-refractivity contribution < 1.29 is 9.21 Å². The van der Waals surface area contributed by atoms with Gasteiger partial charge >= 0.3 is 0 Å². The monoisotopic (exact) mass is 259 g/mol. The maximum absolute atomic E-state index is 11.1. The van der Waals surface area contributed by atoms with Crippen LogP contribution >= 0.6 is 0 Å². The van der Waals surface area contributed by atoms with Gasteiger partial charge in [-0.05, 0) is 37.1 Å². The van der Waals surface area contributed by atoms with Gasteiger partial charge in [0.25, 0.3) is 0 Å². The van der Waals surface area contributed by atoms with Crippen LogP contribution in [0.4, 0.5) is 0 Å². The van der Waals surface area contributed by atoms with Crippen molar-refractivity contribution in [1.29, 1.82) is 0 Å². The first-order valence-electron chi connectivity index (χ1n) is 6.07. The van der Waals surface area contributed by atoms with Crippen LogP contribution in [0.2, 0.25) is 0 Å². The molecule has 100 valence electrons. The summed E-state index contributed by atoms with van der Waals surface area (Å²) in [6.45, 7) is 5.08. The molecule has 1 heterocycles. The van der Waals surface area contributed by atoms with Crippen LogP contribution in [-0.2, 0) is 13.1 Å². The lowest BCUT2D eigenvalue weighted by Gasteiger charge is -2.07. The molecular formula is C14H17N3O2. The van der Waals surface area contributed by atoms with E-state index in [4.69, 9.17) is 10.2 Å². The first-order valence-corrected chi connectivity index (χ1v) is 6.07.